The summed E-state index contributed by atoms with van der Waals surface area (Å²) in [6.45, 7) is 4.31. The standard InChI is InChI=1S/C14H20F3NO/c1-4-12(11-7-5-6-8-13(11)19)18(10(2)3)9-14(15,16)17/h5-8,10,12,19H,4,9H2,1-3H3. The Labute approximate surface area is 111 Å². The number of benzene rings is 1. The minimum Gasteiger partial charge on any atom is -0.508 e. The van der Waals surface area contributed by atoms with Gasteiger partial charge in [0.25, 0.3) is 0 Å². The van der Waals surface area contributed by atoms with Crippen LogP contribution in [0.1, 0.15) is 38.8 Å². The first kappa shape index (κ1) is 15.8. The van der Waals surface area contributed by atoms with E-state index in [9.17, 15) is 18.3 Å². The van der Waals surface area contributed by atoms with Crippen molar-refractivity contribution in [3.8, 4) is 5.75 Å². The lowest BCUT2D eigenvalue weighted by Crippen LogP contribution is -2.41. The number of phenolic OH excluding ortho intramolecular Hbond substituents is 1. The number of rotatable bonds is 5. The molecule has 0 aliphatic heterocycles. The van der Waals surface area contributed by atoms with E-state index >= 15 is 0 Å². The van der Waals surface area contributed by atoms with Crippen LogP contribution in [0, 0.1) is 0 Å². The molecule has 1 unspecified atom stereocenters. The number of alkyl halides is 3. The molecule has 2 nitrogen and oxygen atoms in total. The van der Waals surface area contributed by atoms with E-state index in [4.69, 9.17) is 0 Å². The molecule has 19 heavy (non-hydrogen) atoms. The number of hydrogen-bond donors (Lipinski definition) is 1. The Morgan fingerprint density at radius 1 is 1.21 bits per heavy atom. The molecule has 0 aliphatic rings. The smallest absolute Gasteiger partial charge is 0.401 e. The average molecular weight is 275 g/mol. The van der Waals surface area contributed by atoms with Gasteiger partial charge in [-0.3, -0.25) is 4.90 Å². The van der Waals surface area contributed by atoms with E-state index in [0.717, 1.165) is 0 Å². The molecule has 0 saturated carbocycles. The first-order valence-corrected chi connectivity index (χ1v) is 6.36. The zero-order valence-corrected chi connectivity index (χ0v) is 11.4. The molecule has 0 aromatic heterocycles. The van der Waals surface area contributed by atoms with Gasteiger partial charge in [-0.2, -0.15) is 13.2 Å². The highest BCUT2D eigenvalue weighted by Crippen LogP contribution is 2.34. The Hall–Kier alpha value is -1.23. The van der Waals surface area contributed by atoms with Gasteiger partial charge in [0.05, 0.1) is 6.54 Å². The highest BCUT2D eigenvalue weighted by molar-refractivity contribution is 5.34. The van der Waals surface area contributed by atoms with Gasteiger partial charge in [-0.25, -0.2) is 0 Å². The monoisotopic (exact) mass is 275 g/mol. The summed E-state index contributed by atoms with van der Waals surface area (Å²) < 4.78 is 38.0. The summed E-state index contributed by atoms with van der Waals surface area (Å²) >= 11 is 0. The van der Waals surface area contributed by atoms with Crippen molar-refractivity contribution in [2.24, 2.45) is 0 Å². The highest BCUT2D eigenvalue weighted by atomic mass is 19.4. The number of phenols is 1. The molecule has 0 fully saturated rings. The lowest BCUT2D eigenvalue weighted by Gasteiger charge is -2.35. The van der Waals surface area contributed by atoms with Crippen LogP contribution in [0.5, 0.6) is 5.75 Å². The fraction of sp³-hybridized carbons (Fsp3) is 0.571. The van der Waals surface area contributed by atoms with E-state index in [-0.39, 0.29) is 11.8 Å². The summed E-state index contributed by atoms with van der Waals surface area (Å²) in [5.41, 5.74) is 0.544. The molecule has 0 aliphatic carbocycles. The molecule has 0 amide bonds. The largest absolute Gasteiger partial charge is 0.508 e. The topological polar surface area (TPSA) is 23.5 Å². The maximum absolute atomic E-state index is 12.7. The average Bonchev–Trinajstić information content (AvgIpc) is 2.29. The number of hydrogen-bond acceptors (Lipinski definition) is 2. The van der Waals surface area contributed by atoms with Crippen LogP contribution in [0.2, 0.25) is 0 Å². The summed E-state index contributed by atoms with van der Waals surface area (Å²) in [6, 6.07) is 5.87. The molecule has 1 rings (SSSR count). The summed E-state index contributed by atoms with van der Waals surface area (Å²) in [4.78, 5) is 1.37. The van der Waals surface area contributed by atoms with Gasteiger partial charge in [-0.15, -0.1) is 0 Å². The predicted octanol–water partition coefficient (Wildman–Crippen LogP) is 4.12. The molecule has 0 heterocycles. The third-order valence-corrected chi connectivity index (χ3v) is 3.11. The molecular formula is C14H20F3NO. The Balaban J connectivity index is 3.07. The van der Waals surface area contributed by atoms with E-state index in [1.165, 1.54) is 11.0 Å². The van der Waals surface area contributed by atoms with Crippen molar-refractivity contribution in [3.05, 3.63) is 29.8 Å². The van der Waals surface area contributed by atoms with Crippen molar-refractivity contribution in [2.75, 3.05) is 6.54 Å². The zero-order valence-electron chi connectivity index (χ0n) is 11.4. The second-order valence-electron chi connectivity index (χ2n) is 4.86. The number of nitrogens with zero attached hydrogens (tertiary/aromatic N) is 1. The lowest BCUT2D eigenvalue weighted by atomic mass is 10.00. The summed E-state index contributed by atoms with van der Waals surface area (Å²) in [5, 5.41) is 9.83. The van der Waals surface area contributed by atoms with Gasteiger partial charge in [0.1, 0.15) is 5.75 Å². The van der Waals surface area contributed by atoms with Crippen LogP contribution in [0.4, 0.5) is 13.2 Å². The van der Waals surface area contributed by atoms with Gasteiger partial charge >= 0.3 is 6.18 Å². The fourth-order valence-corrected chi connectivity index (χ4v) is 2.26. The number of aromatic hydroxyl groups is 1. The van der Waals surface area contributed by atoms with Crippen molar-refractivity contribution in [3.63, 3.8) is 0 Å². The molecule has 0 spiro atoms. The summed E-state index contributed by atoms with van der Waals surface area (Å²) in [5.74, 6) is 0.0437. The fourth-order valence-electron chi connectivity index (χ4n) is 2.26. The number of halogens is 3. The van der Waals surface area contributed by atoms with Crippen LogP contribution >= 0.6 is 0 Å². The van der Waals surface area contributed by atoms with Crippen LogP contribution < -0.4 is 0 Å². The lowest BCUT2D eigenvalue weighted by molar-refractivity contribution is -0.155. The van der Waals surface area contributed by atoms with Gasteiger partial charge in [0.2, 0.25) is 0 Å². The Kier molecular flexibility index (Phi) is 5.23. The van der Waals surface area contributed by atoms with Gasteiger partial charge in [0, 0.05) is 17.6 Å². The Morgan fingerprint density at radius 2 is 1.79 bits per heavy atom. The Bertz CT molecular complexity index is 404. The minimum atomic E-state index is -4.25. The number of para-hydroxylation sites is 1. The molecule has 1 aromatic carbocycles. The van der Waals surface area contributed by atoms with Gasteiger partial charge in [-0.05, 0) is 26.3 Å². The van der Waals surface area contributed by atoms with E-state index in [1.807, 2.05) is 6.92 Å². The van der Waals surface area contributed by atoms with Gasteiger partial charge in [0.15, 0.2) is 0 Å². The zero-order chi connectivity index (χ0) is 14.6. The second-order valence-corrected chi connectivity index (χ2v) is 4.86. The van der Waals surface area contributed by atoms with Crippen LogP contribution in [-0.4, -0.2) is 28.8 Å². The van der Waals surface area contributed by atoms with Gasteiger partial charge < -0.3 is 5.11 Å². The molecule has 1 N–H and O–H groups in total. The van der Waals surface area contributed by atoms with Crippen LogP contribution in [-0.2, 0) is 0 Å². The van der Waals surface area contributed by atoms with Gasteiger partial charge in [-0.1, -0.05) is 25.1 Å². The highest BCUT2D eigenvalue weighted by Gasteiger charge is 2.35. The predicted molar refractivity (Wildman–Crippen MR) is 69.0 cm³/mol. The first-order chi connectivity index (χ1) is 8.76. The van der Waals surface area contributed by atoms with E-state index < -0.39 is 18.8 Å². The van der Waals surface area contributed by atoms with Crippen molar-refractivity contribution < 1.29 is 18.3 Å². The SMILES string of the molecule is CCC(c1ccccc1O)N(CC(F)(F)F)C(C)C. The molecular weight excluding hydrogens is 255 g/mol. The quantitative estimate of drug-likeness (QED) is 0.874. The second kappa shape index (κ2) is 6.28. The first-order valence-electron chi connectivity index (χ1n) is 6.36. The molecule has 0 bridgehead atoms. The molecule has 1 atom stereocenters. The minimum absolute atomic E-state index is 0.0437. The maximum atomic E-state index is 12.7. The van der Waals surface area contributed by atoms with Crippen LogP contribution in [0.25, 0.3) is 0 Å². The molecule has 1 aromatic rings. The van der Waals surface area contributed by atoms with Crippen molar-refractivity contribution in [1.29, 1.82) is 0 Å². The summed E-state index contributed by atoms with van der Waals surface area (Å²) in [7, 11) is 0. The molecule has 0 saturated heterocycles. The third-order valence-electron chi connectivity index (χ3n) is 3.11. The Morgan fingerprint density at radius 3 is 2.21 bits per heavy atom. The maximum Gasteiger partial charge on any atom is 0.401 e. The molecule has 5 heteroatoms. The third kappa shape index (κ3) is 4.42. The van der Waals surface area contributed by atoms with Crippen LogP contribution in [0.15, 0.2) is 24.3 Å². The van der Waals surface area contributed by atoms with Crippen molar-refractivity contribution in [2.45, 2.75) is 45.5 Å². The normalized spacial score (nSPS) is 14.1. The van der Waals surface area contributed by atoms with Crippen molar-refractivity contribution >= 4 is 0 Å². The molecule has 108 valence electrons. The van der Waals surface area contributed by atoms with E-state index in [1.54, 1.807) is 32.0 Å². The van der Waals surface area contributed by atoms with Crippen molar-refractivity contribution in [1.82, 2.24) is 4.90 Å². The van der Waals surface area contributed by atoms with Crippen LogP contribution in [0.3, 0.4) is 0 Å². The molecule has 0 radical (unpaired) electrons. The van der Waals surface area contributed by atoms with E-state index in [2.05, 4.69) is 0 Å². The van der Waals surface area contributed by atoms with E-state index in [0.29, 0.717) is 12.0 Å². The summed E-state index contributed by atoms with van der Waals surface area (Å²) in [6.07, 6.45) is -3.74.